The van der Waals surface area contributed by atoms with Crippen molar-refractivity contribution in [2.45, 2.75) is 6.54 Å². The number of rotatable bonds is 5. The van der Waals surface area contributed by atoms with Crippen LogP contribution in [0, 0.1) is 0 Å². The van der Waals surface area contributed by atoms with E-state index in [1.165, 1.54) is 4.31 Å². The largest absolute Gasteiger partial charge is 0.329 e. The number of sulfonamides is 1. The Bertz CT molecular complexity index is 391. The van der Waals surface area contributed by atoms with Crippen molar-refractivity contribution in [2.24, 2.45) is 5.73 Å². The quantitative estimate of drug-likeness (QED) is 0.758. The van der Waals surface area contributed by atoms with Crippen molar-refractivity contribution in [3.8, 4) is 0 Å². The van der Waals surface area contributed by atoms with Crippen LogP contribution in [-0.2, 0) is 16.6 Å². The van der Waals surface area contributed by atoms with Gasteiger partial charge >= 0.3 is 0 Å². The van der Waals surface area contributed by atoms with Crippen LogP contribution in [-0.4, -0.2) is 37.1 Å². The summed E-state index contributed by atoms with van der Waals surface area (Å²) in [7, 11) is -1.67. The lowest BCUT2D eigenvalue weighted by Crippen LogP contribution is -2.31. The van der Waals surface area contributed by atoms with Crippen molar-refractivity contribution in [1.29, 1.82) is 0 Å². The van der Waals surface area contributed by atoms with E-state index in [9.17, 15) is 8.42 Å². The summed E-state index contributed by atoms with van der Waals surface area (Å²) in [6.07, 6.45) is 3.28. The van der Waals surface area contributed by atoms with E-state index in [4.69, 9.17) is 5.73 Å². The second-order valence-corrected chi connectivity index (χ2v) is 5.41. The molecule has 0 unspecified atom stereocenters. The highest BCUT2D eigenvalue weighted by Crippen LogP contribution is 2.05. The topological polar surface area (TPSA) is 76.3 Å². The molecule has 0 radical (unpaired) electrons. The molecular formula is C9H15N3O2S. The van der Waals surface area contributed by atoms with Crippen molar-refractivity contribution in [3.63, 3.8) is 0 Å². The molecule has 5 nitrogen and oxygen atoms in total. The van der Waals surface area contributed by atoms with Crippen molar-refractivity contribution in [1.82, 2.24) is 9.29 Å². The maximum Gasteiger partial charge on any atom is 0.215 e. The maximum atomic E-state index is 11.6. The first kappa shape index (κ1) is 12.1. The number of nitrogens with zero attached hydrogens (tertiary/aromatic N) is 2. The lowest BCUT2D eigenvalue weighted by atomic mass is 10.3. The lowest BCUT2D eigenvalue weighted by molar-refractivity contribution is 0.467. The number of aromatic nitrogens is 1. The van der Waals surface area contributed by atoms with Gasteiger partial charge in [0.1, 0.15) is 0 Å². The SMILES string of the molecule is CN(Cc1ccncc1)S(=O)(=O)CCN. The molecular weight excluding hydrogens is 214 g/mol. The first-order valence-corrected chi connectivity index (χ1v) is 6.20. The van der Waals surface area contributed by atoms with Crippen LogP contribution in [0.2, 0.25) is 0 Å². The van der Waals surface area contributed by atoms with Gasteiger partial charge in [-0.25, -0.2) is 12.7 Å². The zero-order valence-electron chi connectivity index (χ0n) is 8.63. The second kappa shape index (κ2) is 5.20. The molecule has 6 heteroatoms. The standard InChI is InChI=1S/C9H15N3O2S/c1-12(15(13,14)7-4-10)8-9-2-5-11-6-3-9/h2-3,5-6H,4,7-8,10H2,1H3. The Balaban J connectivity index is 2.68. The fraction of sp³-hybridized carbons (Fsp3) is 0.444. The van der Waals surface area contributed by atoms with Gasteiger partial charge < -0.3 is 5.73 Å². The van der Waals surface area contributed by atoms with Gasteiger partial charge in [0.05, 0.1) is 5.75 Å². The molecule has 0 saturated heterocycles. The van der Waals surface area contributed by atoms with Crippen LogP contribution in [0.15, 0.2) is 24.5 Å². The highest BCUT2D eigenvalue weighted by Gasteiger charge is 2.16. The Hall–Kier alpha value is -0.980. The summed E-state index contributed by atoms with van der Waals surface area (Å²) in [5, 5.41) is 0. The number of hydrogen-bond donors (Lipinski definition) is 1. The van der Waals surface area contributed by atoms with Crippen LogP contribution in [0.25, 0.3) is 0 Å². The first-order chi connectivity index (χ1) is 7.06. The number of pyridine rings is 1. The van der Waals surface area contributed by atoms with Crippen LogP contribution in [0.5, 0.6) is 0 Å². The molecule has 0 amide bonds. The minimum atomic E-state index is -3.22. The van der Waals surface area contributed by atoms with Gasteiger partial charge in [0, 0.05) is 32.5 Å². The molecule has 1 heterocycles. The van der Waals surface area contributed by atoms with E-state index in [0.717, 1.165) is 5.56 Å². The highest BCUT2D eigenvalue weighted by atomic mass is 32.2. The third-order valence-corrected chi connectivity index (χ3v) is 3.84. The van der Waals surface area contributed by atoms with Gasteiger partial charge in [-0.2, -0.15) is 0 Å². The molecule has 0 aromatic carbocycles. The fourth-order valence-corrected chi connectivity index (χ4v) is 2.10. The van der Waals surface area contributed by atoms with E-state index >= 15 is 0 Å². The summed E-state index contributed by atoms with van der Waals surface area (Å²) in [6, 6.07) is 3.57. The third-order valence-electron chi connectivity index (χ3n) is 2.01. The van der Waals surface area contributed by atoms with E-state index in [1.54, 1.807) is 31.6 Å². The molecule has 1 rings (SSSR count). The molecule has 84 valence electrons. The smallest absolute Gasteiger partial charge is 0.215 e. The van der Waals surface area contributed by atoms with E-state index in [0.29, 0.717) is 6.54 Å². The van der Waals surface area contributed by atoms with E-state index < -0.39 is 10.0 Å². The van der Waals surface area contributed by atoms with E-state index in [1.807, 2.05) is 0 Å². The average molecular weight is 229 g/mol. The zero-order valence-corrected chi connectivity index (χ0v) is 9.44. The monoisotopic (exact) mass is 229 g/mol. The van der Waals surface area contributed by atoms with Crippen molar-refractivity contribution >= 4 is 10.0 Å². The fourth-order valence-electron chi connectivity index (χ4n) is 1.15. The first-order valence-electron chi connectivity index (χ1n) is 4.59. The van der Waals surface area contributed by atoms with Crippen molar-refractivity contribution < 1.29 is 8.42 Å². The van der Waals surface area contributed by atoms with Crippen LogP contribution in [0.3, 0.4) is 0 Å². The zero-order chi connectivity index (χ0) is 11.3. The summed E-state index contributed by atoms with van der Waals surface area (Å²) in [5.74, 6) is -0.0193. The minimum Gasteiger partial charge on any atom is -0.329 e. The molecule has 1 aromatic rings. The summed E-state index contributed by atoms with van der Waals surface area (Å²) in [4.78, 5) is 3.86. The molecule has 0 atom stereocenters. The third kappa shape index (κ3) is 3.58. The number of hydrogen-bond acceptors (Lipinski definition) is 4. The minimum absolute atomic E-state index is 0.0193. The molecule has 0 aliphatic rings. The Labute approximate surface area is 90.0 Å². The molecule has 1 aromatic heterocycles. The van der Waals surface area contributed by atoms with Crippen LogP contribution < -0.4 is 5.73 Å². The van der Waals surface area contributed by atoms with Crippen molar-refractivity contribution in [3.05, 3.63) is 30.1 Å². The molecule has 2 N–H and O–H groups in total. The summed E-state index contributed by atoms with van der Waals surface area (Å²) in [6.45, 7) is 0.494. The summed E-state index contributed by atoms with van der Waals surface area (Å²) >= 11 is 0. The Morgan fingerprint density at radius 1 is 1.40 bits per heavy atom. The Morgan fingerprint density at radius 2 is 2.00 bits per heavy atom. The molecule has 0 bridgehead atoms. The molecule has 0 aliphatic heterocycles. The van der Waals surface area contributed by atoms with Gasteiger partial charge in [0.25, 0.3) is 0 Å². The van der Waals surface area contributed by atoms with Crippen molar-refractivity contribution in [2.75, 3.05) is 19.3 Å². The van der Waals surface area contributed by atoms with Gasteiger partial charge in [0.15, 0.2) is 0 Å². The van der Waals surface area contributed by atoms with Crippen LogP contribution in [0.4, 0.5) is 0 Å². The van der Waals surface area contributed by atoms with Crippen LogP contribution >= 0.6 is 0 Å². The Kier molecular flexibility index (Phi) is 4.19. The predicted octanol–water partition coefficient (Wildman–Crippen LogP) is -0.198. The lowest BCUT2D eigenvalue weighted by Gasteiger charge is -2.16. The molecule has 15 heavy (non-hydrogen) atoms. The van der Waals surface area contributed by atoms with Crippen LogP contribution in [0.1, 0.15) is 5.56 Å². The van der Waals surface area contributed by atoms with Gasteiger partial charge in [-0.1, -0.05) is 0 Å². The second-order valence-electron chi connectivity index (χ2n) is 3.22. The van der Waals surface area contributed by atoms with Gasteiger partial charge in [-0.05, 0) is 17.7 Å². The molecule has 0 fully saturated rings. The van der Waals surface area contributed by atoms with Gasteiger partial charge in [0.2, 0.25) is 10.0 Å². The molecule has 0 aliphatic carbocycles. The van der Waals surface area contributed by atoms with E-state index in [-0.39, 0.29) is 12.3 Å². The average Bonchev–Trinajstić information content (AvgIpc) is 2.19. The van der Waals surface area contributed by atoms with Gasteiger partial charge in [-0.3, -0.25) is 4.98 Å². The van der Waals surface area contributed by atoms with E-state index in [2.05, 4.69) is 4.98 Å². The normalized spacial score (nSPS) is 11.9. The molecule has 0 spiro atoms. The maximum absolute atomic E-state index is 11.6. The highest BCUT2D eigenvalue weighted by molar-refractivity contribution is 7.89. The predicted molar refractivity (Wildman–Crippen MR) is 58.5 cm³/mol. The Morgan fingerprint density at radius 3 is 2.53 bits per heavy atom. The summed E-state index contributed by atoms with van der Waals surface area (Å²) in [5.41, 5.74) is 6.14. The van der Waals surface area contributed by atoms with Gasteiger partial charge in [-0.15, -0.1) is 0 Å². The number of nitrogens with two attached hydrogens (primary N) is 1. The molecule has 0 saturated carbocycles. The summed E-state index contributed by atoms with van der Waals surface area (Å²) < 4.78 is 24.4.